The molecule has 1 N–H and O–H groups in total. The number of non-ortho nitro benzene ring substituents is 1. The average Bonchev–Trinajstić information content (AvgIpc) is 3.08. The molecule has 0 spiro atoms. The number of benzene rings is 1. The van der Waals surface area contributed by atoms with Crippen LogP contribution in [0.3, 0.4) is 0 Å². The largest absolute Gasteiger partial charge is 0.332 e. The third kappa shape index (κ3) is 4.00. The maximum Gasteiger partial charge on any atom is 0.332 e. The van der Waals surface area contributed by atoms with Crippen molar-refractivity contribution in [1.82, 2.24) is 18.7 Å². The molecule has 0 radical (unpaired) electrons. The first kappa shape index (κ1) is 21.0. The molecule has 0 aliphatic rings. The molecule has 2 aromatic heterocycles. The maximum absolute atomic E-state index is 12.7. The van der Waals surface area contributed by atoms with E-state index in [0.29, 0.717) is 29.5 Å². The minimum absolute atomic E-state index is 0.00708. The minimum Gasteiger partial charge on any atom is -0.303 e. The molecule has 158 valence electrons. The Balaban J connectivity index is 1.99. The molecule has 0 fully saturated rings. The molecule has 0 atom stereocenters. The summed E-state index contributed by atoms with van der Waals surface area (Å²) in [6, 6.07) is 5.92. The molecule has 11 nitrogen and oxygen atoms in total. The van der Waals surface area contributed by atoms with Crippen LogP contribution in [0.25, 0.3) is 11.2 Å². The summed E-state index contributed by atoms with van der Waals surface area (Å²) >= 11 is 0. The van der Waals surface area contributed by atoms with Crippen LogP contribution in [0.2, 0.25) is 0 Å². The molecule has 1 aromatic carbocycles. The van der Waals surface area contributed by atoms with Crippen molar-refractivity contribution in [2.75, 3.05) is 5.43 Å². The van der Waals surface area contributed by atoms with Crippen LogP contribution in [0.15, 0.2) is 39.0 Å². The molecule has 0 amide bonds. The van der Waals surface area contributed by atoms with Gasteiger partial charge >= 0.3 is 5.69 Å². The van der Waals surface area contributed by atoms with E-state index in [-0.39, 0.29) is 11.3 Å². The van der Waals surface area contributed by atoms with Crippen LogP contribution in [-0.2, 0) is 20.6 Å². The Bertz CT molecular complexity index is 1230. The highest BCUT2D eigenvalue weighted by Gasteiger charge is 2.19. The summed E-state index contributed by atoms with van der Waals surface area (Å²) in [6.45, 7) is 4.68. The van der Waals surface area contributed by atoms with E-state index in [9.17, 15) is 19.7 Å². The summed E-state index contributed by atoms with van der Waals surface area (Å²) in [5.41, 5.74) is 3.21. The Hall–Kier alpha value is -3.76. The van der Waals surface area contributed by atoms with Crippen LogP contribution in [0.4, 0.5) is 11.6 Å². The first-order valence-electron chi connectivity index (χ1n) is 9.40. The molecule has 2 heterocycles. The molecule has 30 heavy (non-hydrogen) atoms. The van der Waals surface area contributed by atoms with E-state index >= 15 is 0 Å². The second-order valence-corrected chi connectivity index (χ2v) is 7.37. The number of hydrogen-bond acceptors (Lipinski definition) is 7. The minimum atomic E-state index is -0.471. The van der Waals surface area contributed by atoms with Gasteiger partial charge in [0.05, 0.1) is 11.1 Å². The normalized spacial score (nSPS) is 11.6. The fourth-order valence-corrected chi connectivity index (χ4v) is 2.98. The Labute approximate surface area is 171 Å². The van der Waals surface area contributed by atoms with Gasteiger partial charge in [-0.25, -0.2) is 10.2 Å². The Morgan fingerprint density at radius 3 is 2.47 bits per heavy atom. The average molecular weight is 413 g/mol. The van der Waals surface area contributed by atoms with Crippen molar-refractivity contribution >= 4 is 29.0 Å². The summed E-state index contributed by atoms with van der Waals surface area (Å²) < 4.78 is 4.11. The van der Waals surface area contributed by atoms with Gasteiger partial charge in [-0.05, 0) is 30.0 Å². The lowest BCUT2D eigenvalue weighted by Crippen LogP contribution is -2.37. The number of nitro benzene ring substituents is 1. The maximum atomic E-state index is 12.7. The Kier molecular flexibility index (Phi) is 5.81. The van der Waals surface area contributed by atoms with Gasteiger partial charge in [0.15, 0.2) is 11.2 Å². The van der Waals surface area contributed by atoms with Crippen LogP contribution < -0.4 is 16.7 Å². The first-order chi connectivity index (χ1) is 14.2. The van der Waals surface area contributed by atoms with E-state index in [4.69, 9.17) is 0 Å². The van der Waals surface area contributed by atoms with E-state index < -0.39 is 16.2 Å². The number of anilines is 1. The molecule has 0 saturated heterocycles. The number of aromatic nitrogens is 4. The number of nitrogens with one attached hydrogen (secondary N) is 1. The standard InChI is InChI=1S/C19H23N7O4/c1-12(2)9-10-25-15-16(23(3)19(28)24(4)17(15)27)21-18(25)22-20-11-13-5-7-14(8-6-13)26(29)30/h5-8,11-12H,9-10H2,1-4H3,(H,21,22)/b20-11-. The smallest absolute Gasteiger partial charge is 0.303 e. The molecule has 3 rings (SSSR count). The van der Waals surface area contributed by atoms with Gasteiger partial charge in [-0.2, -0.15) is 10.1 Å². The summed E-state index contributed by atoms with van der Waals surface area (Å²) in [6.07, 6.45) is 2.30. The predicted octanol–water partition coefficient (Wildman–Crippen LogP) is 1.83. The highest BCUT2D eigenvalue weighted by Crippen LogP contribution is 2.18. The Morgan fingerprint density at radius 2 is 1.87 bits per heavy atom. The lowest BCUT2D eigenvalue weighted by molar-refractivity contribution is -0.384. The summed E-state index contributed by atoms with van der Waals surface area (Å²) in [5.74, 6) is 0.734. The predicted molar refractivity (Wildman–Crippen MR) is 114 cm³/mol. The number of nitro groups is 1. The number of nitrogens with zero attached hydrogens (tertiary/aromatic N) is 6. The van der Waals surface area contributed by atoms with Gasteiger partial charge in [-0.15, -0.1) is 0 Å². The third-order valence-electron chi connectivity index (χ3n) is 4.76. The van der Waals surface area contributed by atoms with Gasteiger partial charge in [0.2, 0.25) is 5.95 Å². The fourth-order valence-electron chi connectivity index (χ4n) is 2.98. The van der Waals surface area contributed by atoms with Crippen LogP contribution in [0, 0.1) is 16.0 Å². The van der Waals surface area contributed by atoms with Crippen LogP contribution in [0.5, 0.6) is 0 Å². The van der Waals surface area contributed by atoms with Gasteiger partial charge in [0, 0.05) is 32.8 Å². The van der Waals surface area contributed by atoms with Crippen LogP contribution in [0.1, 0.15) is 25.8 Å². The second-order valence-electron chi connectivity index (χ2n) is 7.37. The fraction of sp³-hybridized carbons (Fsp3) is 0.368. The zero-order valence-electron chi connectivity index (χ0n) is 17.2. The summed E-state index contributed by atoms with van der Waals surface area (Å²) in [4.78, 5) is 39.7. The molecule has 0 aliphatic heterocycles. The zero-order valence-corrected chi connectivity index (χ0v) is 17.2. The van der Waals surface area contributed by atoms with Crippen LogP contribution in [-0.4, -0.2) is 29.8 Å². The van der Waals surface area contributed by atoms with Gasteiger partial charge in [-0.3, -0.25) is 24.0 Å². The summed E-state index contributed by atoms with van der Waals surface area (Å²) in [5, 5.41) is 14.9. The molecular formula is C19H23N7O4. The molecule has 3 aromatic rings. The molecule has 0 bridgehead atoms. The van der Waals surface area contributed by atoms with Crippen molar-refractivity contribution in [2.24, 2.45) is 25.1 Å². The number of hydrazone groups is 1. The van der Waals surface area contributed by atoms with E-state index in [1.54, 1.807) is 23.7 Å². The van der Waals surface area contributed by atoms with Crippen molar-refractivity contribution in [3.8, 4) is 0 Å². The monoisotopic (exact) mass is 413 g/mol. The van der Waals surface area contributed by atoms with Gasteiger partial charge in [0.1, 0.15) is 0 Å². The number of aryl methyl sites for hydroxylation is 2. The highest BCUT2D eigenvalue weighted by atomic mass is 16.6. The van der Waals surface area contributed by atoms with Crippen molar-refractivity contribution in [1.29, 1.82) is 0 Å². The van der Waals surface area contributed by atoms with Crippen molar-refractivity contribution in [3.63, 3.8) is 0 Å². The second kappa shape index (κ2) is 8.31. The third-order valence-corrected chi connectivity index (χ3v) is 4.76. The Morgan fingerprint density at radius 1 is 1.20 bits per heavy atom. The highest BCUT2D eigenvalue weighted by molar-refractivity contribution is 5.81. The zero-order chi connectivity index (χ0) is 22.0. The quantitative estimate of drug-likeness (QED) is 0.357. The number of hydrogen-bond donors (Lipinski definition) is 1. The topological polar surface area (TPSA) is 129 Å². The van der Waals surface area contributed by atoms with E-state index in [1.165, 1.54) is 30.0 Å². The number of rotatable bonds is 7. The van der Waals surface area contributed by atoms with Crippen molar-refractivity contribution in [2.45, 2.75) is 26.8 Å². The van der Waals surface area contributed by atoms with Crippen LogP contribution >= 0.6 is 0 Å². The van der Waals surface area contributed by atoms with Crippen molar-refractivity contribution < 1.29 is 4.92 Å². The molecule has 0 aliphatic carbocycles. The summed E-state index contributed by atoms with van der Waals surface area (Å²) in [7, 11) is 3.00. The van der Waals surface area contributed by atoms with E-state index in [0.717, 1.165) is 11.0 Å². The van der Waals surface area contributed by atoms with Gasteiger partial charge < -0.3 is 4.57 Å². The molecule has 11 heteroatoms. The lowest BCUT2D eigenvalue weighted by Gasteiger charge is -2.10. The lowest BCUT2D eigenvalue weighted by atomic mass is 10.1. The van der Waals surface area contributed by atoms with Gasteiger partial charge in [-0.1, -0.05) is 13.8 Å². The first-order valence-corrected chi connectivity index (χ1v) is 9.40. The van der Waals surface area contributed by atoms with E-state index in [1.807, 2.05) is 0 Å². The van der Waals surface area contributed by atoms with Crippen molar-refractivity contribution in [3.05, 3.63) is 60.8 Å². The molecular weight excluding hydrogens is 390 g/mol. The van der Waals surface area contributed by atoms with Gasteiger partial charge in [0.25, 0.3) is 11.2 Å². The number of imidazole rings is 1. The molecule has 0 saturated carbocycles. The number of fused-ring (bicyclic) bond motifs is 1. The SMILES string of the molecule is CC(C)CCn1c(N/N=C\c2ccc([N+](=O)[O-])cc2)nc2c1c(=O)n(C)c(=O)n2C. The molecule has 0 unspecified atom stereocenters. The van der Waals surface area contributed by atoms with E-state index in [2.05, 4.69) is 29.4 Å².